The molecule has 0 radical (unpaired) electrons. The average Bonchev–Trinajstić information content (AvgIpc) is 2.46. The van der Waals surface area contributed by atoms with Gasteiger partial charge < -0.3 is 10.6 Å². The number of benzene rings is 1. The van der Waals surface area contributed by atoms with Crippen molar-refractivity contribution < 1.29 is 8.42 Å². The summed E-state index contributed by atoms with van der Waals surface area (Å²) in [6.07, 6.45) is 1.07. The van der Waals surface area contributed by atoms with Gasteiger partial charge in [0.2, 0.25) is 10.0 Å². The van der Waals surface area contributed by atoms with Crippen LogP contribution < -0.4 is 10.5 Å². The molecule has 5 nitrogen and oxygen atoms in total. The van der Waals surface area contributed by atoms with Crippen molar-refractivity contribution in [1.29, 1.82) is 0 Å². The van der Waals surface area contributed by atoms with Crippen LogP contribution in [0.2, 0.25) is 0 Å². The van der Waals surface area contributed by atoms with Crippen LogP contribution in [-0.2, 0) is 10.0 Å². The first kappa shape index (κ1) is 18.1. The van der Waals surface area contributed by atoms with E-state index in [0.717, 1.165) is 31.6 Å². The number of nitrogens with one attached hydrogen (secondary N) is 1. The minimum Gasteiger partial charge on any atom is -0.324 e. The van der Waals surface area contributed by atoms with Gasteiger partial charge in [0.1, 0.15) is 0 Å². The monoisotopic (exact) mass is 313 g/mol. The highest BCUT2D eigenvalue weighted by molar-refractivity contribution is 7.89. The molecule has 6 heteroatoms. The fourth-order valence-corrected chi connectivity index (χ4v) is 3.14. The van der Waals surface area contributed by atoms with E-state index < -0.39 is 10.0 Å². The summed E-state index contributed by atoms with van der Waals surface area (Å²) in [6.45, 7) is 9.13. The molecule has 0 aromatic heterocycles. The largest absolute Gasteiger partial charge is 0.324 e. The van der Waals surface area contributed by atoms with Gasteiger partial charge in [0.15, 0.2) is 0 Å². The van der Waals surface area contributed by atoms with Gasteiger partial charge >= 0.3 is 0 Å². The third kappa shape index (κ3) is 5.74. The zero-order valence-corrected chi connectivity index (χ0v) is 14.0. The summed E-state index contributed by atoms with van der Waals surface area (Å²) in [4.78, 5) is 2.51. The molecule has 0 fully saturated rings. The normalized spacial score (nSPS) is 13.6. The van der Waals surface area contributed by atoms with Crippen LogP contribution in [0.5, 0.6) is 0 Å². The molecule has 0 amide bonds. The summed E-state index contributed by atoms with van der Waals surface area (Å²) in [6, 6.07) is 6.63. The Morgan fingerprint density at radius 3 is 2.29 bits per heavy atom. The van der Waals surface area contributed by atoms with E-state index in [2.05, 4.69) is 23.5 Å². The molecule has 0 aliphatic rings. The van der Waals surface area contributed by atoms with Gasteiger partial charge in [-0.1, -0.05) is 26.0 Å². The first-order chi connectivity index (χ1) is 9.90. The predicted octanol–water partition coefficient (Wildman–Crippen LogP) is 1.72. The van der Waals surface area contributed by atoms with Gasteiger partial charge in [-0.25, -0.2) is 13.1 Å². The fourth-order valence-electron chi connectivity index (χ4n) is 2.12. The van der Waals surface area contributed by atoms with Gasteiger partial charge in [-0.15, -0.1) is 0 Å². The van der Waals surface area contributed by atoms with E-state index >= 15 is 0 Å². The molecule has 0 saturated carbocycles. The molecule has 1 aromatic rings. The minimum absolute atomic E-state index is 0.0955. The summed E-state index contributed by atoms with van der Waals surface area (Å²) in [5.41, 5.74) is 6.68. The van der Waals surface area contributed by atoms with Crippen molar-refractivity contribution in [3.63, 3.8) is 0 Å². The lowest BCUT2D eigenvalue weighted by Gasteiger charge is -2.19. The van der Waals surface area contributed by atoms with Crippen LogP contribution in [0, 0.1) is 0 Å². The molecule has 1 rings (SSSR count). The summed E-state index contributed by atoms with van der Waals surface area (Å²) in [5.74, 6) is 0. The SMILES string of the molecule is CCCN(CC)CCNS(=O)(=O)c1ccc(C(C)N)cc1. The number of likely N-dealkylation sites (N-methyl/N-ethyl adjacent to an activating group) is 1. The standard InChI is InChI=1S/C15H27N3O2S/c1-4-11-18(5-2)12-10-17-21(19,20)15-8-6-14(7-9-15)13(3)16/h6-9,13,17H,4-5,10-12,16H2,1-3H3. The second-order valence-corrected chi connectivity index (χ2v) is 6.96. The van der Waals surface area contributed by atoms with E-state index in [1.807, 2.05) is 6.92 Å². The average molecular weight is 313 g/mol. The number of hydrogen-bond donors (Lipinski definition) is 2. The zero-order chi connectivity index (χ0) is 15.9. The fraction of sp³-hybridized carbons (Fsp3) is 0.600. The number of hydrogen-bond acceptors (Lipinski definition) is 4. The third-order valence-electron chi connectivity index (χ3n) is 3.42. The Kier molecular flexibility index (Phi) is 7.31. The van der Waals surface area contributed by atoms with E-state index in [1.54, 1.807) is 24.3 Å². The maximum absolute atomic E-state index is 12.2. The van der Waals surface area contributed by atoms with E-state index in [0.29, 0.717) is 6.54 Å². The van der Waals surface area contributed by atoms with Crippen molar-refractivity contribution in [3.8, 4) is 0 Å². The molecule has 3 N–H and O–H groups in total. The Balaban J connectivity index is 2.60. The number of nitrogens with two attached hydrogens (primary N) is 1. The molecular formula is C15H27N3O2S. The second-order valence-electron chi connectivity index (χ2n) is 5.19. The van der Waals surface area contributed by atoms with E-state index in [4.69, 9.17) is 5.73 Å². The smallest absolute Gasteiger partial charge is 0.240 e. The summed E-state index contributed by atoms with van der Waals surface area (Å²) < 4.78 is 27.0. The first-order valence-corrected chi connectivity index (χ1v) is 8.96. The Bertz CT molecular complexity index is 512. The maximum Gasteiger partial charge on any atom is 0.240 e. The second kappa shape index (κ2) is 8.48. The van der Waals surface area contributed by atoms with Crippen LogP contribution in [0.4, 0.5) is 0 Å². The molecule has 0 aliphatic carbocycles. The molecule has 0 aliphatic heterocycles. The molecule has 21 heavy (non-hydrogen) atoms. The summed E-state index contributed by atoms with van der Waals surface area (Å²) in [5, 5.41) is 0. The quantitative estimate of drug-likeness (QED) is 0.728. The Hall–Kier alpha value is -0.950. The topological polar surface area (TPSA) is 75.4 Å². The van der Waals surface area contributed by atoms with Crippen molar-refractivity contribution in [2.24, 2.45) is 5.73 Å². The van der Waals surface area contributed by atoms with Crippen LogP contribution in [0.1, 0.15) is 38.8 Å². The molecule has 0 bridgehead atoms. The van der Waals surface area contributed by atoms with E-state index in [-0.39, 0.29) is 10.9 Å². The molecule has 0 heterocycles. The Morgan fingerprint density at radius 2 is 1.81 bits per heavy atom. The van der Waals surface area contributed by atoms with Gasteiger partial charge in [-0.3, -0.25) is 0 Å². The number of sulfonamides is 1. The van der Waals surface area contributed by atoms with Gasteiger partial charge in [-0.05, 0) is 44.1 Å². The van der Waals surface area contributed by atoms with Crippen LogP contribution in [0.3, 0.4) is 0 Å². The maximum atomic E-state index is 12.2. The van der Waals surface area contributed by atoms with Crippen LogP contribution in [0.25, 0.3) is 0 Å². The third-order valence-corrected chi connectivity index (χ3v) is 4.90. The lowest BCUT2D eigenvalue weighted by Crippen LogP contribution is -2.35. The van der Waals surface area contributed by atoms with Crippen molar-refractivity contribution in [1.82, 2.24) is 9.62 Å². The number of rotatable bonds is 9. The molecular weight excluding hydrogens is 286 g/mol. The highest BCUT2D eigenvalue weighted by atomic mass is 32.2. The molecule has 0 saturated heterocycles. The van der Waals surface area contributed by atoms with Gasteiger partial charge in [0.25, 0.3) is 0 Å². The molecule has 1 atom stereocenters. The van der Waals surface area contributed by atoms with Crippen molar-refractivity contribution >= 4 is 10.0 Å². The van der Waals surface area contributed by atoms with E-state index in [9.17, 15) is 8.42 Å². The Morgan fingerprint density at radius 1 is 1.19 bits per heavy atom. The highest BCUT2D eigenvalue weighted by Crippen LogP contribution is 2.14. The van der Waals surface area contributed by atoms with Crippen molar-refractivity contribution in [3.05, 3.63) is 29.8 Å². The Labute approximate surface area is 128 Å². The first-order valence-electron chi connectivity index (χ1n) is 7.48. The zero-order valence-electron chi connectivity index (χ0n) is 13.2. The lowest BCUT2D eigenvalue weighted by atomic mass is 10.1. The van der Waals surface area contributed by atoms with Crippen molar-refractivity contribution in [2.45, 2.75) is 38.1 Å². The minimum atomic E-state index is -3.44. The molecule has 0 spiro atoms. The van der Waals surface area contributed by atoms with Crippen LogP contribution >= 0.6 is 0 Å². The molecule has 1 unspecified atom stereocenters. The van der Waals surface area contributed by atoms with Crippen molar-refractivity contribution in [2.75, 3.05) is 26.2 Å². The van der Waals surface area contributed by atoms with Gasteiger partial charge in [-0.2, -0.15) is 0 Å². The molecule has 1 aromatic carbocycles. The number of nitrogens with zero attached hydrogens (tertiary/aromatic N) is 1. The summed E-state index contributed by atoms with van der Waals surface area (Å²) in [7, 11) is -3.44. The molecule has 120 valence electrons. The predicted molar refractivity (Wildman–Crippen MR) is 86.6 cm³/mol. The van der Waals surface area contributed by atoms with Gasteiger partial charge in [0, 0.05) is 19.1 Å². The van der Waals surface area contributed by atoms with Crippen LogP contribution in [-0.4, -0.2) is 39.5 Å². The lowest BCUT2D eigenvalue weighted by molar-refractivity contribution is 0.293. The van der Waals surface area contributed by atoms with Crippen LogP contribution in [0.15, 0.2) is 29.2 Å². The van der Waals surface area contributed by atoms with Gasteiger partial charge in [0.05, 0.1) is 4.90 Å². The van der Waals surface area contributed by atoms with E-state index in [1.165, 1.54) is 0 Å². The summed E-state index contributed by atoms with van der Waals surface area (Å²) >= 11 is 0. The highest BCUT2D eigenvalue weighted by Gasteiger charge is 2.14.